The number of carbonyl (C=O) groups is 1. The van der Waals surface area contributed by atoms with Crippen LogP contribution < -0.4 is 10.1 Å². The minimum absolute atomic E-state index is 0.0477. The number of esters is 1. The Hall–Kier alpha value is -1.01. The van der Waals surface area contributed by atoms with E-state index in [1.54, 1.807) is 12.1 Å². The number of aliphatic hydroxyl groups excluding tert-OH is 1. The van der Waals surface area contributed by atoms with E-state index in [2.05, 4.69) is 5.32 Å². The summed E-state index contributed by atoms with van der Waals surface area (Å²) >= 11 is 11.6. The summed E-state index contributed by atoms with van der Waals surface area (Å²) in [6.07, 6.45) is 0. The van der Waals surface area contributed by atoms with Crippen LogP contribution in [0.1, 0.15) is 13.8 Å². The number of halogens is 2. The van der Waals surface area contributed by atoms with E-state index in [4.69, 9.17) is 37.8 Å². The van der Waals surface area contributed by atoms with Crippen molar-refractivity contribution in [2.24, 2.45) is 0 Å². The highest BCUT2D eigenvalue weighted by atomic mass is 35.5. The molecule has 0 aromatic heterocycles. The maximum atomic E-state index is 11.3. The zero-order valence-electron chi connectivity index (χ0n) is 12.2. The summed E-state index contributed by atoms with van der Waals surface area (Å²) < 4.78 is 10.1. The predicted molar refractivity (Wildman–Crippen MR) is 84.2 cm³/mol. The third-order valence-corrected chi connectivity index (χ3v) is 2.60. The monoisotopic (exact) mass is 337 g/mol. The third kappa shape index (κ3) is 9.52. The molecule has 0 radical (unpaired) electrons. The Balaban J connectivity index is 0.00000191. The SMILES string of the molecule is CC.O=C(COc1ccc(Cl)cc1Cl)OCCNCCO. The van der Waals surface area contributed by atoms with Gasteiger partial charge >= 0.3 is 5.97 Å². The largest absolute Gasteiger partial charge is 0.480 e. The summed E-state index contributed by atoms with van der Waals surface area (Å²) in [7, 11) is 0. The number of ether oxygens (including phenoxy) is 2. The number of hydrogen-bond acceptors (Lipinski definition) is 5. The number of benzene rings is 1. The van der Waals surface area contributed by atoms with Crippen LogP contribution >= 0.6 is 23.2 Å². The van der Waals surface area contributed by atoms with E-state index >= 15 is 0 Å². The van der Waals surface area contributed by atoms with Crippen LogP contribution in [0.15, 0.2) is 18.2 Å². The van der Waals surface area contributed by atoms with Gasteiger partial charge in [0, 0.05) is 18.1 Å². The minimum atomic E-state index is -0.489. The van der Waals surface area contributed by atoms with Gasteiger partial charge in [0.15, 0.2) is 6.61 Å². The van der Waals surface area contributed by atoms with Crippen molar-refractivity contribution in [3.63, 3.8) is 0 Å². The minimum Gasteiger partial charge on any atom is -0.480 e. The van der Waals surface area contributed by atoms with Crippen molar-refractivity contribution in [2.75, 3.05) is 32.9 Å². The summed E-state index contributed by atoms with van der Waals surface area (Å²) in [6.45, 7) is 4.99. The fourth-order valence-corrected chi connectivity index (χ4v) is 1.67. The summed E-state index contributed by atoms with van der Waals surface area (Å²) in [5.41, 5.74) is 0. The van der Waals surface area contributed by atoms with Crippen molar-refractivity contribution < 1.29 is 19.4 Å². The summed E-state index contributed by atoms with van der Waals surface area (Å²) in [5.74, 6) is -0.113. The summed E-state index contributed by atoms with van der Waals surface area (Å²) in [5, 5.41) is 12.2. The second kappa shape index (κ2) is 12.7. The normalized spacial score (nSPS) is 9.57. The van der Waals surface area contributed by atoms with Gasteiger partial charge in [-0.05, 0) is 18.2 Å². The Morgan fingerprint density at radius 1 is 1.29 bits per heavy atom. The predicted octanol–water partition coefficient (Wildman–Crippen LogP) is 2.52. The number of nitrogens with one attached hydrogen (secondary N) is 1. The zero-order chi connectivity index (χ0) is 16.1. The fraction of sp³-hybridized carbons (Fsp3) is 0.500. The molecule has 0 aliphatic carbocycles. The maximum absolute atomic E-state index is 11.3. The van der Waals surface area contributed by atoms with E-state index in [1.165, 1.54) is 6.07 Å². The van der Waals surface area contributed by atoms with Crippen LogP contribution in [0.3, 0.4) is 0 Å². The molecule has 0 saturated heterocycles. The van der Waals surface area contributed by atoms with Gasteiger partial charge in [-0.3, -0.25) is 0 Å². The van der Waals surface area contributed by atoms with Gasteiger partial charge in [0.25, 0.3) is 0 Å². The second-order valence-electron chi connectivity index (χ2n) is 3.56. The van der Waals surface area contributed by atoms with E-state index in [0.717, 1.165) is 0 Å². The Morgan fingerprint density at radius 3 is 2.62 bits per heavy atom. The molecule has 120 valence electrons. The molecule has 0 saturated carbocycles. The molecule has 0 bridgehead atoms. The van der Waals surface area contributed by atoms with Gasteiger partial charge in [-0.15, -0.1) is 0 Å². The molecule has 21 heavy (non-hydrogen) atoms. The molecule has 0 heterocycles. The van der Waals surface area contributed by atoms with Crippen molar-refractivity contribution in [2.45, 2.75) is 13.8 Å². The van der Waals surface area contributed by atoms with Gasteiger partial charge in [-0.2, -0.15) is 0 Å². The lowest BCUT2D eigenvalue weighted by atomic mass is 10.3. The quantitative estimate of drug-likeness (QED) is 0.563. The number of aliphatic hydroxyl groups is 1. The lowest BCUT2D eigenvalue weighted by Gasteiger charge is -2.08. The van der Waals surface area contributed by atoms with Crippen molar-refractivity contribution in [1.82, 2.24) is 5.32 Å². The lowest BCUT2D eigenvalue weighted by molar-refractivity contribution is -0.145. The van der Waals surface area contributed by atoms with Crippen LogP contribution in [0, 0.1) is 0 Å². The van der Waals surface area contributed by atoms with Gasteiger partial charge in [-0.25, -0.2) is 4.79 Å². The molecule has 7 heteroatoms. The molecular weight excluding hydrogens is 317 g/mol. The summed E-state index contributed by atoms with van der Waals surface area (Å²) in [6, 6.07) is 4.73. The molecule has 0 unspecified atom stereocenters. The van der Waals surface area contributed by atoms with E-state index in [9.17, 15) is 4.79 Å². The van der Waals surface area contributed by atoms with Gasteiger partial charge < -0.3 is 19.9 Å². The average molecular weight is 338 g/mol. The van der Waals surface area contributed by atoms with Crippen LogP contribution in [0.2, 0.25) is 10.0 Å². The van der Waals surface area contributed by atoms with E-state index < -0.39 is 5.97 Å². The number of carbonyl (C=O) groups excluding carboxylic acids is 1. The molecule has 0 atom stereocenters. The molecule has 1 aromatic rings. The van der Waals surface area contributed by atoms with Gasteiger partial charge in [0.05, 0.1) is 11.6 Å². The molecule has 0 spiro atoms. The Morgan fingerprint density at radius 2 is 2.00 bits per heavy atom. The second-order valence-corrected chi connectivity index (χ2v) is 4.40. The molecule has 1 rings (SSSR count). The molecular formula is C14H21Cl2NO4. The highest BCUT2D eigenvalue weighted by Gasteiger charge is 2.07. The first-order valence-electron chi connectivity index (χ1n) is 6.68. The van der Waals surface area contributed by atoms with E-state index in [-0.39, 0.29) is 19.8 Å². The Bertz CT molecular complexity index is 416. The first kappa shape index (κ1) is 20.0. The maximum Gasteiger partial charge on any atom is 0.344 e. The standard InChI is InChI=1S/C12H15Cl2NO4.C2H6/c13-9-1-2-11(10(14)7-9)19-8-12(17)18-6-4-15-3-5-16;1-2/h1-2,7,15-16H,3-6,8H2;1-2H3. The van der Waals surface area contributed by atoms with Gasteiger partial charge in [-0.1, -0.05) is 37.0 Å². The molecule has 0 aliphatic rings. The van der Waals surface area contributed by atoms with Crippen molar-refractivity contribution in [3.05, 3.63) is 28.2 Å². The average Bonchev–Trinajstić information content (AvgIpc) is 2.48. The molecule has 2 N–H and O–H groups in total. The molecule has 0 aliphatic heterocycles. The van der Waals surface area contributed by atoms with Crippen LogP contribution in [0.25, 0.3) is 0 Å². The van der Waals surface area contributed by atoms with Gasteiger partial charge in [0.1, 0.15) is 12.4 Å². The fourth-order valence-electron chi connectivity index (χ4n) is 1.21. The molecule has 0 fully saturated rings. The third-order valence-electron chi connectivity index (χ3n) is 2.07. The number of rotatable bonds is 8. The summed E-state index contributed by atoms with van der Waals surface area (Å²) in [4.78, 5) is 11.3. The molecule has 1 aromatic carbocycles. The highest BCUT2D eigenvalue weighted by Crippen LogP contribution is 2.27. The van der Waals surface area contributed by atoms with E-state index in [0.29, 0.717) is 28.9 Å². The van der Waals surface area contributed by atoms with Crippen molar-refractivity contribution in [1.29, 1.82) is 0 Å². The highest BCUT2D eigenvalue weighted by molar-refractivity contribution is 6.35. The van der Waals surface area contributed by atoms with Gasteiger partial charge in [0.2, 0.25) is 0 Å². The van der Waals surface area contributed by atoms with Crippen LogP contribution in [0.5, 0.6) is 5.75 Å². The van der Waals surface area contributed by atoms with E-state index in [1.807, 2.05) is 13.8 Å². The van der Waals surface area contributed by atoms with Crippen LogP contribution in [-0.2, 0) is 9.53 Å². The van der Waals surface area contributed by atoms with Crippen molar-refractivity contribution >= 4 is 29.2 Å². The lowest BCUT2D eigenvalue weighted by Crippen LogP contribution is -2.25. The Labute approximate surface area is 135 Å². The van der Waals surface area contributed by atoms with Crippen LogP contribution in [-0.4, -0.2) is 44.0 Å². The smallest absolute Gasteiger partial charge is 0.344 e. The first-order chi connectivity index (χ1) is 10.1. The number of hydrogen-bond donors (Lipinski definition) is 2. The molecule has 5 nitrogen and oxygen atoms in total. The topological polar surface area (TPSA) is 67.8 Å². The van der Waals surface area contributed by atoms with Crippen molar-refractivity contribution in [3.8, 4) is 5.75 Å². The molecule has 0 amide bonds. The van der Waals surface area contributed by atoms with Crippen LogP contribution in [0.4, 0.5) is 0 Å². The first-order valence-corrected chi connectivity index (χ1v) is 7.44. The zero-order valence-corrected chi connectivity index (χ0v) is 13.7. The Kier molecular flexibility index (Phi) is 12.1.